The zero-order chi connectivity index (χ0) is 22.2. The van der Waals surface area contributed by atoms with Crippen molar-refractivity contribution in [2.45, 2.75) is 6.92 Å². The smallest absolute Gasteiger partial charge is 0.0930 e. The van der Waals surface area contributed by atoms with Crippen molar-refractivity contribution in [2.75, 3.05) is 0 Å². The van der Waals surface area contributed by atoms with Gasteiger partial charge in [0, 0.05) is 11.1 Å². The lowest BCUT2D eigenvalue weighted by atomic mass is 9.88. The maximum Gasteiger partial charge on any atom is 0.0930 e. The van der Waals surface area contributed by atoms with Gasteiger partial charge in [0.05, 0.1) is 11.4 Å². The van der Waals surface area contributed by atoms with Gasteiger partial charge in [0.15, 0.2) is 0 Å². The standard InChI is InChI=1S/C31H22N2/c1-21-25-11-5-6-12-26(25)27-13-7-8-14-28(27)31(21)24-17-15-23(16-18-24)30-20-19-29(32-33-30)22-9-3-2-4-10-22/h2-20H,1H3. The second-order valence-electron chi connectivity index (χ2n) is 8.34. The minimum absolute atomic E-state index is 0.876. The SMILES string of the molecule is Cc1c(-c2ccc(-c3ccc(-c4ccccc4)nn3)cc2)c2ccccc2c2ccccc12. The molecule has 2 heteroatoms. The van der Waals surface area contributed by atoms with Gasteiger partial charge < -0.3 is 0 Å². The third-order valence-electron chi connectivity index (χ3n) is 6.40. The minimum atomic E-state index is 0.876. The van der Waals surface area contributed by atoms with Gasteiger partial charge in [0.2, 0.25) is 0 Å². The van der Waals surface area contributed by atoms with Gasteiger partial charge >= 0.3 is 0 Å². The minimum Gasteiger partial charge on any atom is -0.150 e. The molecule has 6 rings (SSSR count). The van der Waals surface area contributed by atoms with Gasteiger partial charge in [-0.05, 0) is 57.3 Å². The summed E-state index contributed by atoms with van der Waals surface area (Å²) < 4.78 is 0. The lowest BCUT2D eigenvalue weighted by Gasteiger charge is -2.15. The Morgan fingerprint density at radius 1 is 0.394 bits per heavy atom. The summed E-state index contributed by atoms with van der Waals surface area (Å²) in [5.41, 5.74) is 7.71. The third kappa shape index (κ3) is 3.37. The number of hydrogen-bond acceptors (Lipinski definition) is 2. The van der Waals surface area contributed by atoms with Gasteiger partial charge in [0.1, 0.15) is 0 Å². The molecular weight excluding hydrogens is 400 g/mol. The molecule has 0 saturated heterocycles. The first-order valence-corrected chi connectivity index (χ1v) is 11.2. The molecule has 0 fully saturated rings. The predicted octanol–water partition coefficient (Wildman–Crippen LogP) is 8.09. The van der Waals surface area contributed by atoms with Gasteiger partial charge in [-0.3, -0.25) is 0 Å². The second-order valence-corrected chi connectivity index (χ2v) is 8.34. The van der Waals surface area contributed by atoms with E-state index in [-0.39, 0.29) is 0 Å². The van der Waals surface area contributed by atoms with E-state index < -0.39 is 0 Å². The second kappa shape index (κ2) is 7.99. The lowest BCUT2D eigenvalue weighted by Crippen LogP contribution is -1.92. The summed E-state index contributed by atoms with van der Waals surface area (Å²) in [6, 6.07) is 40.3. The first-order valence-electron chi connectivity index (χ1n) is 11.2. The highest BCUT2D eigenvalue weighted by Crippen LogP contribution is 2.39. The lowest BCUT2D eigenvalue weighted by molar-refractivity contribution is 1.04. The molecule has 2 nitrogen and oxygen atoms in total. The largest absolute Gasteiger partial charge is 0.150 e. The average Bonchev–Trinajstić information content (AvgIpc) is 2.90. The molecular formula is C31H22N2. The summed E-state index contributed by atoms with van der Waals surface area (Å²) in [4.78, 5) is 0. The Labute approximate surface area is 193 Å². The van der Waals surface area contributed by atoms with Crippen molar-refractivity contribution in [2.24, 2.45) is 0 Å². The molecule has 0 amide bonds. The van der Waals surface area contributed by atoms with Crippen LogP contribution in [0, 0.1) is 6.92 Å². The van der Waals surface area contributed by atoms with Crippen molar-refractivity contribution in [3.8, 4) is 33.6 Å². The van der Waals surface area contributed by atoms with Crippen LogP contribution in [0.3, 0.4) is 0 Å². The van der Waals surface area contributed by atoms with E-state index in [1.165, 1.54) is 38.2 Å². The zero-order valence-corrected chi connectivity index (χ0v) is 18.4. The van der Waals surface area contributed by atoms with E-state index in [9.17, 15) is 0 Å². The summed E-state index contributed by atoms with van der Waals surface area (Å²) in [5.74, 6) is 0. The summed E-state index contributed by atoms with van der Waals surface area (Å²) in [6.07, 6.45) is 0. The van der Waals surface area contributed by atoms with Crippen molar-refractivity contribution >= 4 is 21.5 Å². The van der Waals surface area contributed by atoms with Gasteiger partial charge in [-0.25, -0.2) is 0 Å². The van der Waals surface area contributed by atoms with Gasteiger partial charge in [-0.1, -0.05) is 103 Å². The molecule has 0 unspecified atom stereocenters. The van der Waals surface area contributed by atoms with E-state index in [0.29, 0.717) is 0 Å². The topological polar surface area (TPSA) is 25.8 Å². The molecule has 156 valence electrons. The molecule has 0 atom stereocenters. The molecule has 6 aromatic rings. The van der Waals surface area contributed by atoms with Crippen LogP contribution in [-0.2, 0) is 0 Å². The Bertz CT molecular complexity index is 1580. The van der Waals surface area contributed by atoms with Crippen molar-refractivity contribution < 1.29 is 0 Å². The first-order chi connectivity index (χ1) is 16.3. The van der Waals surface area contributed by atoms with Crippen LogP contribution < -0.4 is 0 Å². The normalized spacial score (nSPS) is 11.2. The van der Waals surface area contributed by atoms with Crippen LogP contribution in [0.1, 0.15) is 5.56 Å². The molecule has 33 heavy (non-hydrogen) atoms. The van der Waals surface area contributed by atoms with Crippen molar-refractivity contribution in [3.63, 3.8) is 0 Å². The van der Waals surface area contributed by atoms with Gasteiger partial charge in [-0.2, -0.15) is 0 Å². The quantitative estimate of drug-likeness (QED) is 0.269. The number of aryl methyl sites for hydroxylation is 1. The van der Waals surface area contributed by atoms with E-state index in [2.05, 4.69) is 102 Å². The molecule has 0 aliphatic heterocycles. The third-order valence-corrected chi connectivity index (χ3v) is 6.40. The van der Waals surface area contributed by atoms with Crippen LogP contribution in [0.4, 0.5) is 0 Å². The molecule has 5 aromatic carbocycles. The summed E-state index contributed by atoms with van der Waals surface area (Å²) in [6.45, 7) is 2.23. The van der Waals surface area contributed by atoms with E-state index in [1.54, 1.807) is 0 Å². The monoisotopic (exact) mass is 422 g/mol. The van der Waals surface area contributed by atoms with Gasteiger partial charge in [-0.15, -0.1) is 10.2 Å². The Morgan fingerprint density at radius 3 is 1.45 bits per heavy atom. The van der Waals surface area contributed by atoms with Crippen LogP contribution in [0.25, 0.3) is 55.2 Å². The first kappa shape index (κ1) is 19.4. The molecule has 0 spiro atoms. The molecule has 0 aliphatic rings. The highest BCUT2D eigenvalue weighted by Gasteiger charge is 2.13. The Hall–Kier alpha value is -4.30. The summed E-state index contributed by atoms with van der Waals surface area (Å²) >= 11 is 0. The Balaban J connectivity index is 1.42. The van der Waals surface area contributed by atoms with Crippen molar-refractivity contribution in [1.82, 2.24) is 10.2 Å². The number of hydrogen-bond donors (Lipinski definition) is 0. The summed E-state index contributed by atoms with van der Waals surface area (Å²) in [7, 11) is 0. The van der Waals surface area contributed by atoms with E-state index >= 15 is 0 Å². The maximum absolute atomic E-state index is 4.49. The number of benzene rings is 5. The summed E-state index contributed by atoms with van der Waals surface area (Å²) in [5, 5.41) is 14.1. The highest BCUT2D eigenvalue weighted by atomic mass is 15.1. The van der Waals surface area contributed by atoms with Crippen LogP contribution in [0.2, 0.25) is 0 Å². The molecule has 0 saturated carbocycles. The van der Waals surface area contributed by atoms with Crippen molar-refractivity contribution in [1.29, 1.82) is 0 Å². The van der Waals surface area contributed by atoms with Crippen LogP contribution in [-0.4, -0.2) is 10.2 Å². The van der Waals surface area contributed by atoms with Crippen molar-refractivity contribution in [3.05, 3.63) is 121 Å². The molecule has 1 heterocycles. The highest BCUT2D eigenvalue weighted by molar-refractivity contribution is 6.15. The van der Waals surface area contributed by atoms with Gasteiger partial charge in [0.25, 0.3) is 0 Å². The van der Waals surface area contributed by atoms with E-state index in [0.717, 1.165) is 22.5 Å². The Kier molecular flexibility index (Phi) is 4.70. The van der Waals surface area contributed by atoms with E-state index in [1.807, 2.05) is 30.3 Å². The van der Waals surface area contributed by atoms with Crippen LogP contribution in [0.15, 0.2) is 115 Å². The molecule has 0 radical (unpaired) electrons. The molecule has 0 aliphatic carbocycles. The molecule has 0 N–H and O–H groups in total. The fraction of sp³-hybridized carbons (Fsp3) is 0.0323. The Morgan fingerprint density at radius 2 is 0.848 bits per heavy atom. The predicted molar refractivity (Wildman–Crippen MR) is 138 cm³/mol. The number of rotatable bonds is 3. The number of fused-ring (bicyclic) bond motifs is 3. The fourth-order valence-electron chi connectivity index (χ4n) is 4.75. The molecule has 0 bridgehead atoms. The fourth-order valence-corrected chi connectivity index (χ4v) is 4.75. The van der Waals surface area contributed by atoms with E-state index in [4.69, 9.17) is 0 Å². The maximum atomic E-state index is 4.49. The van der Waals surface area contributed by atoms with Crippen LogP contribution >= 0.6 is 0 Å². The zero-order valence-electron chi connectivity index (χ0n) is 18.4. The molecule has 1 aromatic heterocycles. The average molecular weight is 423 g/mol. The number of nitrogens with zero attached hydrogens (tertiary/aromatic N) is 2. The van der Waals surface area contributed by atoms with Crippen LogP contribution in [0.5, 0.6) is 0 Å². The number of aromatic nitrogens is 2.